The monoisotopic (exact) mass is 245 g/mol. The number of hydrogen-bond donors (Lipinski definition) is 0. The van der Waals surface area contributed by atoms with Gasteiger partial charge in [0, 0.05) is 18.1 Å². The molecule has 1 aromatic heterocycles. The summed E-state index contributed by atoms with van der Waals surface area (Å²) in [5.74, 6) is 0.964. The number of nitrogens with zero attached hydrogens (tertiary/aromatic N) is 3. The van der Waals surface area contributed by atoms with E-state index in [9.17, 15) is 0 Å². The summed E-state index contributed by atoms with van der Waals surface area (Å²) in [6, 6.07) is 0. The molecular weight excluding hydrogens is 234 g/mol. The molecule has 0 radical (unpaired) electrons. The molecule has 0 bridgehead atoms. The lowest BCUT2D eigenvalue weighted by molar-refractivity contribution is -0.0658. The number of aromatic nitrogens is 1. The molecule has 6 heteroatoms. The van der Waals surface area contributed by atoms with E-state index in [0.717, 1.165) is 17.2 Å². The van der Waals surface area contributed by atoms with Gasteiger partial charge in [0.05, 0.1) is 6.54 Å². The van der Waals surface area contributed by atoms with Crippen LogP contribution in [0.5, 0.6) is 0 Å². The molecule has 1 saturated heterocycles. The minimum Gasteiger partial charge on any atom is -0.341 e. The van der Waals surface area contributed by atoms with E-state index in [4.69, 9.17) is 16.3 Å². The van der Waals surface area contributed by atoms with Crippen LogP contribution in [0.15, 0.2) is 18.6 Å². The molecule has 0 aliphatic carbocycles. The van der Waals surface area contributed by atoms with E-state index < -0.39 is 0 Å². The van der Waals surface area contributed by atoms with Crippen LogP contribution in [0.3, 0.4) is 0 Å². The van der Waals surface area contributed by atoms with Crippen molar-refractivity contribution in [2.24, 2.45) is 0 Å². The predicted molar refractivity (Wildman–Crippen MR) is 60.4 cm³/mol. The highest BCUT2D eigenvalue weighted by Gasteiger charge is 2.18. The first-order valence-corrected chi connectivity index (χ1v) is 5.69. The SMILES string of the molecule is C=C1N(C)COCN1Cc1cnc(Cl)s1. The third-order valence-corrected chi connectivity index (χ3v) is 3.31. The van der Waals surface area contributed by atoms with E-state index in [1.807, 2.05) is 16.8 Å². The Bertz CT molecular complexity index is 368. The van der Waals surface area contributed by atoms with Crippen LogP contribution in [0.25, 0.3) is 0 Å². The minimum absolute atomic E-state index is 0.568. The van der Waals surface area contributed by atoms with Crippen molar-refractivity contribution in [3.8, 4) is 0 Å². The lowest BCUT2D eigenvalue weighted by Gasteiger charge is -2.37. The first-order chi connectivity index (χ1) is 7.16. The molecule has 1 aromatic rings. The Labute approximate surface area is 97.7 Å². The molecule has 0 N–H and O–H groups in total. The molecule has 4 nitrogen and oxygen atoms in total. The zero-order valence-corrected chi connectivity index (χ0v) is 10.0. The van der Waals surface area contributed by atoms with Gasteiger partial charge in [0.25, 0.3) is 0 Å². The molecule has 1 fully saturated rings. The molecule has 0 unspecified atom stereocenters. The van der Waals surface area contributed by atoms with Crippen LogP contribution < -0.4 is 0 Å². The summed E-state index contributed by atoms with van der Waals surface area (Å²) in [6.45, 7) is 5.91. The molecule has 15 heavy (non-hydrogen) atoms. The van der Waals surface area contributed by atoms with E-state index in [1.54, 1.807) is 6.20 Å². The minimum atomic E-state index is 0.568. The fraction of sp³-hybridized carbons (Fsp3) is 0.444. The van der Waals surface area contributed by atoms with Gasteiger partial charge in [-0.25, -0.2) is 4.98 Å². The summed E-state index contributed by atoms with van der Waals surface area (Å²) in [6.07, 6.45) is 1.79. The Morgan fingerprint density at radius 3 is 3.13 bits per heavy atom. The average Bonchev–Trinajstić information content (AvgIpc) is 2.59. The van der Waals surface area contributed by atoms with E-state index in [1.165, 1.54) is 11.3 Å². The van der Waals surface area contributed by atoms with E-state index >= 15 is 0 Å². The lowest BCUT2D eigenvalue weighted by atomic mass is 10.4. The zero-order chi connectivity index (χ0) is 10.8. The van der Waals surface area contributed by atoms with Gasteiger partial charge in [-0.1, -0.05) is 18.2 Å². The van der Waals surface area contributed by atoms with Gasteiger partial charge in [0.2, 0.25) is 0 Å². The molecule has 0 aromatic carbocycles. The van der Waals surface area contributed by atoms with Gasteiger partial charge < -0.3 is 14.5 Å². The maximum atomic E-state index is 5.77. The van der Waals surface area contributed by atoms with Gasteiger partial charge in [-0.2, -0.15) is 0 Å². The number of rotatable bonds is 2. The molecule has 0 saturated carbocycles. The smallest absolute Gasteiger partial charge is 0.183 e. The topological polar surface area (TPSA) is 28.6 Å². The third-order valence-electron chi connectivity index (χ3n) is 2.21. The van der Waals surface area contributed by atoms with Gasteiger partial charge in [-0.05, 0) is 0 Å². The van der Waals surface area contributed by atoms with Crippen LogP contribution in [0, 0.1) is 0 Å². The van der Waals surface area contributed by atoms with Gasteiger partial charge in [0.1, 0.15) is 19.3 Å². The zero-order valence-electron chi connectivity index (χ0n) is 8.44. The van der Waals surface area contributed by atoms with Crippen molar-refractivity contribution in [1.29, 1.82) is 0 Å². The van der Waals surface area contributed by atoms with Crippen LogP contribution in [0.4, 0.5) is 0 Å². The average molecular weight is 246 g/mol. The second-order valence-corrected chi connectivity index (χ2v) is 5.05. The Kier molecular flexibility index (Phi) is 3.14. The summed E-state index contributed by atoms with van der Waals surface area (Å²) in [5.41, 5.74) is 0. The Morgan fingerprint density at radius 1 is 1.67 bits per heavy atom. The molecular formula is C9H12ClN3OS. The standard InChI is InChI=1S/C9H12ClN3OS/c1-7-12(2)5-14-6-13(7)4-8-3-11-9(10)15-8/h3H,1,4-6H2,2H3. The normalized spacial score (nSPS) is 17.3. The molecule has 2 rings (SSSR count). The lowest BCUT2D eigenvalue weighted by Crippen LogP contribution is -2.40. The Hall–Kier alpha value is -0.780. The van der Waals surface area contributed by atoms with Crippen LogP contribution >= 0.6 is 22.9 Å². The van der Waals surface area contributed by atoms with Crippen LogP contribution in [-0.4, -0.2) is 35.3 Å². The van der Waals surface area contributed by atoms with Gasteiger partial charge >= 0.3 is 0 Å². The summed E-state index contributed by atoms with van der Waals surface area (Å²) in [7, 11) is 1.95. The number of hydrogen-bond acceptors (Lipinski definition) is 5. The van der Waals surface area contributed by atoms with Crippen LogP contribution in [0.1, 0.15) is 4.88 Å². The first-order valence-electron chi connectivity index (χ1n) is 4.50. The number of ether oxygens (including phenoxy) is 1. The Morgan fingerprint density at radius 2 is 2.47 bits per heavy atom. The molecule has 2 heterocycles. The quantitative estimate of drug-likeness (QED) is 0.796. The van der Waals surface area contributed by atoms with Crippen LogP contribution in [0.2, 0.25) is 4.47 Å². The fourth-order valence-corrected chi connectivity index (χ4v) is 2.35. The van der Waals surface area contributed by atoms with Crippen molar-refractivity contribution in [2.75, 3.05) is 20.5 Å². The molecule has 0 spiro atoms. The van der Waals surface area contributed by atoms with Crippen molar-refractivity contribution >= 4 is 22.9 Å². The van der Waals surface area contributed by atoms with Gasteiger partial charge in [-0.3, -0.25) is 0 Å². The van der Waals surface area contributed by atoms with Gasteiger partial charge in [0.15, 0.2) is 4.47 Å². The highest BCUT2D eigenvalue weighted by atomic mass is 35.5. The summed E-state index contributed by atoms with van der Waals surface area (Å²) in [5, 5.41) is 0. The number of thiazole rings is 1. The van der Waals surface area contributed by atoms with Crippen molar-refractivity contribution in [3.05, 3.63) is 27.9 Å². The number of halogens is 1. The second-order valence-electron chi connectivity index (χ2n) is 3.35. The maximum Gasteiger partial charge on any atom is 0.183 e. The van der Waals surface area contributed by atoms with Crippen LogP contribution in [-0.2, 0) is 11.3 Å². The first kappa shape index (κ1) is 10.7. The summed E-state index contributed by atoms with van der Waals surface area (Å²) in [4.78, 5) is 9.12. The van der Waals surface area contributed by atoms with E-state index in [0.29, 0.717) is 17.9 Å². The predicted octanol–water partition coefficient (Wildman–Crippen LogP) is 1.95. The highest BCUT2D eigenvalue weighted by Crippen LogP contribution is 2.22. The van der Waals surface area contributed by atoms with E-state index in [2.05, 4.69) is 11.6 Å². The van der Waals surface area contributed by atoms with E-state index in [-0.39, 0.29) is 0 Å². The maximum absolute atomic E-state index is 5.77. The molecule has 82 valence electrons. The highest BCUT2D eigenvalue weighted by molar-refractivity contribution is 7.15. The second kappa shape index (κ2) is 4.38. The van der Waals surface area contributed by atoms with Crippen molar-refractivity contribution < 1.29 is 4.74 Å². The third kappa shape index (κ3) is 2.42. The largest absolute Gasteiger partial charge is 0.341 e. The fourth-order valence-electron chi connectivity index (χ4n) is 1.36. The van der Waals surface area contributed by atoms with Crippen molar-refractivity contribution in [3.63, 3.8) is 0 Å². The summed E-state index contributed by atoms with van der Waals surface area (Å²) < 4.78 is 5.96. The summed E-state index contributed by atoms with van der Waals surface area (Å²) >= 11 is 7.25. The molecule has 1 aliphatic heterocycles. The Balaban J connectivity index is 2.02. The van der Waals surface area contributed by atoms with Gasteiger partial charge in [-0.15, -0.1) is 11.3 Å². The molecule has 0 amide bonds. The van der Waals surface area contributed by atoms with Crippen molar-refractivity contribution in [1.82, 2.24) is 14.8 Å². The molecule has 0 atom stereocenters. The van der Waals surface area contributed by atoms with Crippen molar-refractivity contribution in [2.45, 2.75) is 6.54 Å². The molecule has 1 aliphatic rings.